The number of benzene rings is 1. The van der Waals surface area contributed by atoms with Crippen LogP contribution in [-0.2, 0) is 4.84 Å². The minimum Gasteiger partial charge on any atom is -0.595 e. The summed E-state index contributed by atoms with van der Waals surface area (Å²) in [5.74, 6) is 0.0629. The van der Waals surface area contributed by atoms with Crippen molar-refractivity contribution in [2.75, 3.05) is 7.11 Å². The fourth-order valence-electron chi connectivity index (χ4n) is 0.751. The summed E-state index contributed by atoms with van der Waals surface area (Å²) in [5, 5.41) is 19.3. The first-order valence-corrected chi connectivity index (χ1v) is 3.11. The van der Waals surface area contributed by atoms with Gasteiger partial charge in [-0.1, -0.05) is 6.07 Å². The molecule has 0 fully saturated rings. The van der Waals surface area contributed by atoms with Crippen molar-refractivity contribution in [3.8, 4) is 5.75 Å². The molecule has 0 bridgehead atoms. The molecule has 2 N–H and O–H groups in total. The van der Waals surface area contributed by atoms with Crippen LogP contribution >= 0.6 is 0 Å². The van der Waals surface area contributed by atoms with E-state index in [1.807, 2.05) is 0 Å². The van der Waals surface area contributed by atoms with Gasteiger partial charge in [-0.25, -0.2) is 4.84 Å². The van der Waals surface area contributed by atoms with Gasteiger partial charge in [-0.3, -0.25) is 0 Å². The molecule has 0 aliphatic heterocycles. The van der Waals surface area contributed by atoms with Crippen molar-refractivity contribution < 1.29 is 15.2 Å². The average molecular weight is 155 g/mol. The maximum Gasteiger partial charge on any atom is 0.167 e. The number of hydrogen-bond acceptors (Lipinski definition) is 3. The van der Waals surface area contributed by atoms with Gasteiger partial charge in [-0.2, -0.15) is 5.23 Å². The maximum absolute atomic E-state index is 10.8. The molecule has 4 heteroatoms. The van der Waals surface area contributed by atoms with Gasteiger partial charge >= 0.3 is 0 Å². The Labute approximate surface area is 64.2 Å². The monoisotopic (exact) mass is 155 g/mol. The van der Waals surface area contributed by atoms with E-state index in [1.165, 1.54) is 19.2 Å². The second-order valence-corrected chi connectivity index (χ2v) is 2.04. The van der Waals surface area contributed by atoms with Crippen LogP contribution in [0.1, 0.15) is 0 Å². The average Bonchev–Trinajstić information content (AvgIpc) is 2.03. The number of phenolic OH excluding ortho intramolecular Hbond substituents is 1. The smallest absolute Gasteiger partial charge is 0.167 e. The molecule has 0 aliphatic carbocycles. The largest absolute Gasteiger partial charge is 0.595 e. The predicted molar refractivity (Wildman–Crippen MR) is 39.1 cm³/mol. The number of phenols is 1. The number of quaternary nitrogens is 1. The van der Waals surface area contributed by atoms with Crippen LogP contribution in [0.25, 0.3) is 0 Å². The van der Waals surface area contributed by atoms with E-state index < -0.39 is 5.23 Å². The lowest BCUT2D eigenvalue weighted by Crippen LogP contribution is -3.00. The quantitative estimate of drug-likeness (QED) is 0.589. The second-order valence-electron chi connectivity index (χ2n) is 2.04. The molecular weight excluding hydrogens is 146 g/mol. The molecule has 0 saturated heterocycles. The molecule has 0 saturated carbocycles. The highest BCUT2D eigenvalue weighted by Gasteiger charge is 2.00. The molecule has 4 nitrogen and oxygen atoms in total. The molecular formula is C7H9NO3. The van der Waals surface area contributed by atoms with E-state index in [-0.39, 0.29) is 5.75 Å². The van der Waals surface area contributed by atoms with Crippen LogP contribution in [0.4, 0.5) is 5.69 Å². The minimum absolute atomic E-state index is 0.0629. The molecule has 0 amide bonds. The first-order chi connectivity index (χ1) is 5.24. The molecule has 1 aromatic rings. The van der Waals surface area contributed by atoms with Crippen LogP contribution in [0.5, 0.6) is 5.75 Å². The predicted octanol–water partition coefficient (Wildman–Crippen LogP) is -0.0322. The third-order valence-corrected chi connectivity index (χ3v) is 1.27. The van der Waals surface area contributed by atoms with Gasteiger partial charge in [0.2, 0.25) is 0 Å². The summed E-state index contributed by atoms with van der Waals surface area (Å²) in [4.78, 5) is 4.44. The lowest BCUT2D eigenvalue weighted by Gasteiger charge is -2.16. The molecule has 11 heavy (non-hydrogen) atoms. The summed E-state index contributed by atoms with van der Waals surface area (Å²) in [5.41, 5.74) is 0.354. The zero-order valence-electron chi connectivity index (χ0n) is 6.07. The van der Waals surface area contributed by atoms with Gasteiger partial charge < -0.3 is 10.3 Å². The molecule has 1 rings (SSSR count). The number of nitrogens with one attached hydrogen (secondary N) is 1. The summed E-state index contributed by atoms with van der Waals surface area (Å²) >= 11 is 0. The van der Waals surface area contributed by atoms with Gasteiger partial charge in [0.25, 0.3) is 0 Å². The van der Waals surface area contributed by atoms with Crippen molar-refractivity contribution >= 4 is 5.69 Å². The Balaban J connectivity index is 2.86. The third-order valence-electron chi connectivity index (χ3n) is 1.27. The summed E-state index contributed by atoms with van der Waals surface area (Å²) in [6.45, 7) is 0. The lowest BCUT2D eigenvalue weighted by molar-refractivity contribution is -0.992. The molecule has 0 aliphatic rings. The summed E-state index contributed by atoms with van der Waals surface area (Å²) in [7, 11) is 1.30. The fraction of sp³-hybridized carbons (Fsp3) is 0.143. The van der Waals surface area contributed by atoms with E-state index in [0.717, 1.165) is 0 Å². The first-order valence-electron chi connectivity index (χ1n) is 3.11. The fourth-order valence-corrected chi connectivity index (χ4v) is 0.751. The number of hydrogen-bond donors (Lipinski definition) is 2. The summed E-state index contributed by atoms with van der Waals surface area (Å²) < 4.78 is 0. The highest BCUT2D eigenvalue weighted by molar-refractivity contribution is 5.36. The third kappa shape index (κ3) is 1.91. The van der Waals surface area contributed by atoms with Crippen molar-refractivity contribution in [2.45, 2.75) is 0 Å². The van der Waals surface area contributed by atoms with Crippen LogP contribution in [0.3, 0.4) is 0 Å². The van der Waals surface area contributed by atoms with Crippen LogP contribution < -0.4 is 5.23 Å². The van der Waals surface area contributed by atoms with E-state index in [9.17, 15) is 5.21 Å². The van der Waals surface area contributed by atoms with E-state index in [0.29, 0.717) is 5.69 Å². The van der Waals surface area contributed by atoms with Gasteiger partial charge in [0.05, 0.1) is 7.11 Å². The van der Waals surface area contributed by atoms with Crippen LogP contribution in [-0.4, -0.2) is 12.2 Å². The molecule has 0 radical (unpaired) electrons. The van der Waals surface area contributed by atoms with Crippen molar-refractivity contribution in [1.29, 1.82) is 0 Å². The molecule has 1 aromatic carbocycles. The summed E-state index contributed by atoms with van der Waals surface area (Å²) in [6, 6.07) is 6.01. The van der Waals surface area contributed by atoms with Crippen LogP contribution in [0.2, 0.25) is 0 Å². The standard InChI is InChI=1S/C7H9NO3/c1-11-8(10)6-3-2-4-7(9)5-6/h2-5,8-9H,1H3. The van der Waals surface area contributed by atoms with Crippen LogP contribution in [0.15, 0.2) is 24.3 Å². The van der Waals surface area contributed by atoms with Crippen LogP contribution in [0, 0.1) is 5.21 Å². The van der Waals surface area contributed by atoms with Crippen molar-refractivity contribution in [2.24, 2.45) is 0 Å². The number of rotatable bonds is 2. The van der Waals surface area contributed by atoms with Gasteiger partial charge in [-0.05, 0) is 6.07 Å². The SMILES string of the molecule is CO[NH+]([O-])c1cccc(O)c1. The molecule has 1 atom stereocenters. The molecule has 0 heterocycles. The zero-order chi connectivity index (χ0) is 8.27. The Morgan fingerprint density at radius 1 is 1.55 bits per heavy atom. The lowest BCUT2D eigenvalue weighted by atomic mass is 10.3. The van der Waals surface area contributed by atoms with E-state index in [4.69, 9.17) is 5.11 Å². The molecule has 1 unspecified atom stereocenters. The summed E-state index contributed by atoms with van der Waals surface area (Å²) in [6.07, 6.45) is 0. The Bertz CT molecular complexity index is 239. The Hall–Kier alpha value is -1.10. The van der Waals surface area contributed by atoms with E-state index in [1.54, 1.807) is 12.1 Å². The topological polar surface area (TPSA) is 57.0 Å². The first kappa shape index (κ1) is 8.00. The van der Waals surface area contributed by atoms with Gasteiger partial charge in [-0.15, -0.1) is 0 Å². The number of aromatic hydroxyl groups is 1. The normalized spacial score (nSPS) is 12.9. The molecule has 60 valence electrons. The second kappa shape index (κ2) is 3.34. The zero-order valence-corrected chi connectivity index (χ0v) is 6.07. The Morgan fingerprint density at radius 2 is 2.27 bits per heavy atom. The van der Waals surface area contributed by atoms with Crippen molar-refractivity contribution in [3.05, 3.63) is 29.5 Å². The highest BCUT2D eigenvalue weighted by atomic mass is 16.9. The van der Waals surface area contributed by atoms with E-state index in [2.05, 4.69) is 4.84 Å². The maximum atomic E-state index is 10.8. The molecule has 0 spiro atoms. The van der Waals surface area contributed by atoms with Gasteiger partial charge in [0.15, 0.2) is 5.69 Å². The molecule has 0 aromatic heterocycles. The van der Waals surface area contributed by atoms with Crippen molar-refractivity contribution in [3.63, 3.8) is 0 Å². The van der Waals surface area contributed by atoms with Gasteiger partial charge in [0, 0.05) is 12.1 Å². The van der Waals surface area contributed by atoms with E-state index >= 15 is 0 Å². The Kier molecular flexibility index (Phi) is 2.43. The van der Waals surface area contributed by atoms with Gasteiger partial charge in [0.1, 0.15) is 5.75 Å². The Morgan fingerprint density at radius 3 is 2.82 bits per heavy atom. The van der Waals surface area contributed by atoms with Crippen molar-refractivity contribution in [1.82, 2.24) is 0 Å². The minimum atomic E-state index is -0.444. The highest BCUT2D eigenvalue weighted by Crippen LogP contribution is 2.11.